The fourth-order valence-corrected chi connectivity index (χ4v) is 1.88. The molecule has 3 aromatic rings. The van der Waals surface area contributed by atoms with Crippen LogP contribution in [0.1, 0.15) is 11.6 Å². The van der Waals surface area contributed by atoms with E-state index in [2.05, 4.69) is 15.2 Å². The molecule has 3 rings (SSSR count). The van der Waals surface area contributed by atoms with Crippen molar-refractivity contribution in [3.8, 4) is 11.4 Å². The predicted octanol–water partition coefficient (Wildman–Crippen LogP) is 2.94. The summed E-state index contributed by atoms with van der Waals surface area (Å²) in [5.41, 5.74) is 1.80. The summed E-state index contributed by atoms with van der Waals surface area (Å²) >= 11 is 5.95. The zero-order valence-electron chi connectivity index (χ0n) is 10.2. The minimum absolute atomic E-state index is 0.415. The van der Waals surface area contributed by atoms with E-state index < -0.39 is 0 Å². The van der Waals surface area contributed by atoms with Gasteiger partial charge >= 0.3 is 0 Å². The van der Waals surface area contributed by atoms with Crippen LogP contribution in [0.4, 0.5) is 0 Å². The number of aromatic nitrogens is 4. The highest BCUT2D eigenvalue weighted by Gasteiger charge is 2.11. The van der Waals surface area contributed by atoms with Crippen LogP contribution in [0.25, 0.3) is 11.4 Å². The lowest BCUT2D eigenvalue weighted by Crippen LogP contribution is -2.03. The van der Waals surface area contributed by atoms with Gasteiger partial charge in [-0.2, -0.15) is 10.1 Å². The van der Waals surface area contributed by atoms with Crippen molar-refractivity contribution >= 4 is 11.6 Å². The molecule has 0 saturated heterocycles. The van der Waals surface area contributed by atoms with Crippen LogP contribution in [0.3, 0.4) is 0 Å². The number of hydrogen-bond acceptors (Lipinski definition) is 4. The van der Waals surface area contributed by atoms with Gasteiger partial charge in [0.25, 0.3) is 0 Å². The minimum Gasteiger partial charge on any atom is -0.337 e. The second-order valence-corrected chi connectivity index (χ2v) is 4.52. The quantitative estimate of drug-likeness (QED) is 0.737. The Kier molecular flexibility index (Phi) is 3.05. The molecule has 0 atom stereocenters. The third-order valence-electron chi connectivity index (χ3n) is 2.83. The smallest absolute Gasteiger partial charge is 0.248 e. The Morgan fingerprint density at radius 1 is 1.26 bits per heavy atom. The van der Waals surface area contributed by atoms with E-state index >= 15 is 0 Å². The molecule has 0 aliphatic carbocycles. The van der Waals surface area contributed by atoms with Crippen LogP contribution in [0.15, 0.2) is 41.1 Å². The highest BCUT2D eigenvalue weighted by molar-refractivity contribution is 6.31. The Hall–Kier alpha value is -2.14. The highest BCUT2D eigenvalue weighted by atomic mass is 35.5. The SMILES string of the molecule is Cc1c(Cl)cnn1Cc1nc(-c2ccccc2)no1. The van der Waals surface area contributed by atoms with Crippen LogP contribution < -0.4 is 0 Å². The molecule has 0 N–H and O–H groups in total. The van der Waals surface area contributed by atoms with E-state index in [1.165, 1.54) is 0 Å². The molecule has 0 spiro atoms. The lowest BCUT2D eigenvalue weighted by Gasteiger charge is -1.98. The third-order valence-corrected chi connectivity index (χ3v) is 3.20. The van der Waals surface area contributed by atoms with Gasteiger partial charge in [0.05, 0.1) is 16.9 Å². The Labute approximate surface area is 114 Å². The first-order valence-electron chi connectivity index (χ1n) is 5.80. The van der Waals surface area contributed by atoms with Gasteiger partial charge in [0.2, 0.25) is 11.7 Å². The van der Waals surface area contributed by atoms with Crippen molar-refractivity contribution < 1.29 is 4.52 Å². The van der Waals surface area contributed by atoms with Crippen LogP contribution >= 0.6 is 11.6 Å². The topological polar surface area (TPSA) is 56.7 Å². The summed E-state index contributed by atoms with van der Waals surface area (Å²) in [7, 11) is 0. The van der Waals surface area contributed by atoms with Crippen molar-refractivity contribution in [2.45, 2.75) is 13.5 Å². The summed E-state index contributed by atoms with van der Waals surface area (Å²) in [5.74, 6) is 1.08. The Balaban J connectivity index is 1.84. The normalized spacial score (nSPS) is 10.8. The molecular weight excluding hydrogens is 264 g/mol. The summed E-state index contributed by atoms with van der Waals surface area (Å²) in [6.45, 7) is 2.31. The average Bonchev–Trinajstić information content (AvgIpc) is 3.02. The van der Waals surface area contributed by atoms with E-state index in [0.29, 0.717) is 23.3 Å². The molecule has 0 aliphatic rings. The summed E-state index contributed by atoms with van der Waals surface area (Å²) in [6.07, 6.45) is 1.60. The first kappa shape index (κ1) is 11.9. The van der Waals surface area contributed by atoms with Crippen LogP contribution in [0, 0.1) is 6.92 Å². The fraction of sp³-hybridized carbons (Fsp3) is 0.154. The molecule has 2 heterocycles. The van der Waals surface area contributed by atoms with E-state index in [-0.39, 0.29) is 0 Å². The standard InChI is InChI=1S/C13H11ClN4O/c1-9-11(14)7-15-18(9)8-12-16-13(17-19-12)10-5-3-2-4-6-10/h2-7H,8H2,1H3. The van der Waals surface area contributed by atoms with Gasteiger partial charge < -0.3 is 4.52 Å². The van der Waals surface area contributed by atoms with Crippen LogP contribution in [-0.4, -0.2) is 19.9 Å². The first-order valence-corrected chi connectivity index (χ1v) is 6.18. The number of rotatable bonds is 3. The molecule has 0 aliphatic heterocycles. The maximum absolute atomic E-state index is 5.95. The van der Waals surface area contributed by atoms with Crippen molar-refractivity contribution in [2.75, 3.05) is 0 Å². The Morgan fingerprint density at radius 2 is 2.05 bits per heavy atom. The molecule has 19 heavy (non-hydrogen) atoms. The van der Waals surface area contributed by atoms with Gasteiger partial charge in [0.15, 0.2) is 0 Å². The molecule has 0 saturated carbocycles. The van der Waals surface area contributed by atoms with Crippen molar-refractivity contribution in [2.24, 2.45) is 0 Å². The van der Waals surface area contributed by atoms with E-state index in [4.69, 9.17) is 16.1 Å². The molecule has 5 nitrogen and oxygen atoms in total. The molecule has 0 amide bonds. The molecule has 0 fully saturated rings. The third kappa shape index (κ3) is 2.37. The Morgan fingerprint density at radius 3 is 2.74 bits per heavy atom. The van der Waals surface area contributed by atoms with E-state index in [1.807, 2.05) is 37.3 Å². The van der Waals surface area contributed by atoms with E-state index in [9.17, 15) is 0 Å². The van der Waals surface area contributed by atoms with Crippen LogP contribution in [0.5, 0.6) is 0 Å². The molecule has 0 bridgehead atoms. The van der Waals surface area contributed by atoms with Crippen molar-refractivity contribution in [1.29, 1.82) is 0 Å². The summed E-state index contributed by atoms with van der Waals surface area (Å²) in [6, 6.07) is 9.68. The summed E-state index contributed by atoms with van der Waals surface area (Å²) < 4.78 is 6.95. The van der Waals surface area contributed by atoms with Crippen LogP contribution in [0.2, 0.25) is 5.02 Å². The number of benzene rings is 1. The van der Waals surface area contributed by atoms with Gasteiger partial charge in [-0.05, 0) is 6.92 Å². The lowest BCUT2D eigenvalue weighted by molar-refractivity contribution is 0.365. The zero-order valence-corrected chi connectivity index (χ0v) is 11.0. The van der Waals surface area contributed by atoms with Gasteiger partial charge in [-0.3, -0.25) is 4.68 Å². The zero-order chi connectivity index (χ0) is 13.2. The summed E-state index contributed by atoms with van der Waals surface area (Å²) in [5, 5.41) is 8.74. The van der Waals surface area contributed by atoms with Gasteiger partial charge in [0.1, 0.15) is 6.54 Å². The molecule has 96 valence electrons. The summed E-state index contributed by atoms with van der Waals surface area (Å²) in [4.78, 5) is 4.34. The highest BCUT2D eigenvalue weighted by Crippen LogP contribution is 2.17. The second kappa shape index (κ2) is 4.85. The predicted molar refractivity (Wildman–Crippen MR) is 70.8 cm³/mol. The second-order valence-electron chi connectivity index (χ2n) is 4.11. The molecule has 0 radical (unpaired) electrons. The maximum Gasteiger partial charge on any atom is 0.248 e. The Bertz CT molecular complexity index is 690. The van der Waals surface area contributed by atoms with Crippen molar-refractivity contribution in [1.82, 2.24) is 19.9 Å². The number of nitrogens with zero attached hydrogens (tertiary/aromatic N) is 4. The molecular formula is C13H11ClN4O. The van der Waals surface area contributed by atoms with Crippen LogP contribution in [-0.2, 0) is 6.54 Å². The fourth-order valence-electron chi connectivity index (χ4n) is 1.73. The number of halogens is 1. The average molecular weight is 275 g/mol. The minimum atomic E-state index is 0.415. The van der Waals surface area contributed by atoms with Gasteiger partial charge in [-0.25, -0.2) is 0 Å². The van der Waals surface area contributed by atoms with Crippen molar-refractivity contribution in [3.63, 3.8) is 0 Å². The maximum atomic E-state index is 5.95. The van der Waals surface area contributed by atoms with E-state index in [0.717, 1.165) is 11.3 Å². The molecule has 1 aromatic carbocycles. The largest absolute Gasteiger partial charge is 0.337 e. The van der Waals surface area contributed by atoms with Crippen molar-refractivity contribution in [3.05, 3.63) is 53.1 Å². The van der Waals surface area contributed by atoms with Gasteiger partial charge in [-0.1, -0.05) is 47.1 Å². The van der Waals surface area contributed by atoms with E-state index in [1.54, 1.807) is 10.9 Å². The van der Waals surface area contributed by atoms with Gasteiger partial charge in [0, 0.05) is 5.56 Å². The first-order chi connectivity index (χ1) is 9.24. The number of hydrogen-bond donors (Lipinski definition) is 0. The monoisotopic (exact) mass is 274 g/mol. The van der Waals surface area contributed by atoms with Gasteiger partial charge in [-0.15, -0.1) is 0 Å². The molecule has 0 unspecified atom stereocenters. The molecule has 2 aromatic heterocycles. The molecule has 6 heteroatoms. The lowest BCUT2D eigenvalue weighted by atomic mass is 10.2.